The van der Waals surface area contributed by atoms with Crippen LogP contribution in [-0.2, 0) is 15.6 Å². The van der Waals surface area contributed by atoms with Gasteiger partial charge in [-0.2, -0.15) is 0 Å². The zero-order valence-corrected chi connectivity index (χ0v) is 10.9. The summed E-state index contributed by atoms with van der Waals surface area (Å²) in [7, 11) is -3.46. The molecule has 0 spiro atoms. The number of pyridine rings is 1. The molecule has 0 aliphatic rings. The van der Waals surface area contributed by atoms with Crippen molar-refractivity contribution >= 4 is 27.1 Å². The highest BCUT2D eigenvalue weighted by Crippen LogP contribution is 2.21. The van der Waals surface area contributed by atoms with Crippen molar-refractivity contribution in [1.29, 1.82) is 0 Å². The molecule has 0 fully saturated rings. The van der Waals surface area contributed by atoms with Crippen molar-refractivity contribution in [2.24, 2.45) is 0 Å². The van der Waals surface area contributed by atoms with Crippen LogP contribution in [0.3, 0.4) is 0 Å². The fourth-order valence-electron chi connectivity index (χ4n) is 1.55. The highest BCUT2D eigenvalue weighted by atomic mass is 35.5. The molecule has 1 heterocycles. The van der Waals surface area contributed by atoms with E-state index in [0.717, 1.165) is 0 Å². The highest BCUT2D eigenvalue weighted by Gasteiger charge is 2.18. The Hall–Kier alpha value is -1.59. The lowest BCUT2D eigenvalue weighted by Gasteiger charge is -2.07. The van der Waals surface area contributed by atoms with Gasteiger partial charge in [-0.05, 0) is 23.8 Å². The molecule has 0 aliphatic heterocycles. The minimum absolute atomic E-state index is 0.104. The Balaban J connectivity index is 2.33. The third-order valence-corrected chi connectivity index (χ3v) is 4.42. The number of hydrogen-bond donors (Lipinski definition) is 1. The van der Waals surface area contributed by atoms with Gasteiger partial charge in [0.2, 0.25) is 0 Å². The Morgan fingerprint density at radius 1 is 1.17 bits per heavy atom. The van der Waals surface area contributed by atoms with Crippen molar-refractivity contribution in [3.8, 4) is 0 Å². The van der Waals surface area contributed by atoms with Crippen molar-refractivity contribution in [2.75, 3.05) is 5.73 Å². The van der Waals surface area contributed by atoms with Gasteiger partial charge in [0.1, 0.15) is 0 Å². The van der Waals surface area contributed by atoms with Gasteiger partial charge < -0.3 is 5.73 Å². The van der Waals surface area contributed by atoms with Gasteiger partial charge in [0.25, 0.3) is 0 Å². The summed E-state index contributed by atoms with van der Waals surface area (Å²) in [6.07, 6.45) is 2.74. The molecule has 0 saturated carbocycles. The minimum atomic E-state index is -3.46. The second-order valence-electron chi connectivity index (χ2n) is 3.80. The summed E-state index contributed by atoms with van der Waals surface area (Å²) >= 11 is 5.75. The molecule has 0 bridgehead atoms. The van der Waals surface area contributed by atoms with Gasteiger partial charge in [-0.25, -0.2) is 8.42 Å². The zero-order chi connectivity index (χ0) is 13.2. The summed E-state index contributed by atoms with van der Waals surface area (Å²) in [6.45, 7) is 0. The van der Waals surface area contributed by atoms with Crippen LogP contribution < -0.4 is 5.73 Å². The quantitative estimate of drug-likeness (QED) is 0.937. The Kier molecular flexibility index (Phi) is 3.54. The summed E-state index contributed by atoms with van der Waals surface area (Å²) in [4.78, 5) is 3.87. The molecule has 0 aliphatic carbocycles. The molecule has 18 heavy (non-hydrogen) atoms. The molecule has 2 rings (SSSR count). The first kappa shape index (κ1) is 12.9. The number of nitrogens with two attached hydrogens (primary N) is 1. The van der Waals surface area contributed by atoms with E-state index in [1.165, 1.54) is 18.5 Å². The Labute approximate surface area is 110 Å². The summed E-state index contributed by atoms with van der Waals surface area (Å²) in [6, 6.07) is 8.07. The Morgan fingerprint density at radius 2 is 1.83 bits per heavy atom. The number of sulfone groups is 1. The molecule has 2 N–H and O–H groups in total. The van der Waals surface area contributed by atoms with E-state index in [1.54, 1.807) is 24.3 Å². The molecule has 0 unspecified atom stereocenters. The predicted octanol–water partition coefficient (Wildman–Crippen LogP) is 2.29. The fraction of sp³-hybridized carbons (Fsp3) is 0.0833. The minimum Gasteiger partial charge on any atom is -0.396 e. The zero-order valence-electron chi connectivity index (χ0n) is 9.38. The lowest BCUT2D eigenvalue weighted by Crippen LogP contribution is -2.08. The molecule has 0 amide bonds. The molecular formula is C12H11ClN2O2S. The number of nitrogens with zero attached hydrogens (tertiary/aromatic N) is 1. The lowest BCUT2D eigenvalue weighted by molar-refractivity contribution is 0.595. The molecule has 0 radical (unpaired) electrons. The van der Waals surface area contributed by atoms with Gasteiger partial charge >= 0.3 is 0 Å². The topological polar surface area (TPSA) is 73.0 Å². The van der Waals surface area contributed by atoms with Crippen LogP contribution in [0, 0.1) is 0 Å². The standard InChI is InChI=1S/C12H11ClN2O2S/c13-10-3-1-9(2-4-10)8-18(16,17)12-5-6-15-7-11(12)14/h1-7H,8,14H2. The van der Waals surface area contributed by atoms with Crippen molar-refractivity contribution in [2.45, 2.75) is 10.6 Å². The summed E-state index contributed by atoms with van der Waals surface area (Å²) < 4.78 is 24.3. The Morgan fingerprint density at radius 3 is 2.44 bits per heavy atom. The molecule has 4 nitrogen and oxygen atoms in total. The van der Waals surface area contributed by atoms with Crippen molar-refractivity contribution in [3.05, 3.63) is 53.3 Å². The molecule has 1 aromatic carbocycles. The van der Waals surface area contributed by atoms with E-state index >= 15 is 0 Å². The maximum Gasteiger partial charge on any atom is 0.184 e. The van der Waals surface area contributed by atoms with E-state index in [2.05, 4.69) is 4.98 Å². The van der Waals surface area contributed by atoms with Gasteiger partial charge in [-0.15, -0.1) is 0 Å². The van der Waals surface area contributed by atoms with E-state index in [1.807, 2.05) is 0 Å². The number of aromatic nitrogens is 1. The number of nitrogen functional groups attached to an aromatic ring is 1. The number of halogens is 1. The summed E-state index contributed by atoms with van der Waals surface area (Å²) in [5.74, 6) is -0.113. The van der Waals surface area contributed by atoms with E-state index in [4.69, 9.17) is 17.3 Å². The second-order valence-corrected chi connectivity index (χ2v) is 6.19. The number of rotatable bonds is 3. The highest BCUT2D eigenvalue weighted by molar-refractivity contribution is 7.90. The molecular weight excluding hydrogens is 272 g/mol. The maximum atomic E-state index is 12.2. The monoisotopic (exact) mass is 282 g/mol. The maximum absolute atomic E-state index is 12.2. The van der Waals surface area contributed by atoms with Crippen molar-refractivity contribution in [1.82, 2.24) is 4.98 Å². The predicted molar refractivity (Wildman–Crippen MR) is 71.0 cm³/mol. The van der Waals surface area contributed by atoms with E-state index in [9.17, 15) is 8.42 Å². The van der Waals surface area contributed by atoms with E-state index in [0.29, 0.717) is 10.6 Å². The largest absolute Gasteiger partial charge is 0.396 e. The van der Waals surface area contributed by atoms with Gasteiger partial charge in [-0.1, -0.05) is 23.7 Å². The van der Waals surface area contributed by atoms with Crippen molar-refractivity contribution < 1.29 is 8.42 Å². The van der Waals surface area contributed by atoms with E-state index in [-0.39, 0.29) is 16.3 Å². The molecule has 6 heteroatoms. The third kappa shape index (κ3) is 2.80. The third-order valence-electron chi connectivity index (χ3n) is 2.42. The smallest absolute Gasteiger partial charge is 0.184 e. The van der Waals surface area contributed by atoms with Gasteiger partial charge in [-0.3, -0.25) is 4.98 Å². The average Bonchev–Trinajstić information content (AvgIpc) is 2.32. The summed E-state index contributed by atoms with van der Waals surface area (Å²) in [5.41, 5.74) is 6.44. The van der Waals surface area contributed by atoms with Crippen LogP contribution in [0.1, 0.15) is 5.56 Å². The van der Waals surface area contributed by atoms with Gasteiger partial charge in [0.05, 0.1) is 22.5 Å². The van der Waals surface area contributed by atoms with Crippen LogP contribution in [0.4, 0.5) is 5.69 Å². The molecule has 2 aromatic rings. The van der Waals surface area contributed by atoms with Gasteiger partial charge in [0.15, 0.2) is 9.84 Å². The van der Waals surface area contributed by atoms with Crippen LogP contribution in [0.15, 0.2) is 47.6 Å². The second kappa shape index (κ2) is 4.96. The van der Waals surface area contributed by atoms with Crippen LogP contribution in [0.25, 0.3) is 0 Å². The molecule has 0 saturated heterocycles. The lowest BCUT2D eigenvalue weighted by atomic mass is 10.2. The fourth-order valence-corrected chi connectivity index (χ4v) is 3.15. The summed E-state index contributed by atoms with van der Waals surface area (Å²) in [5, 5.41) is 0.569. The van der Waals surface area contributed by atoms with Crippen LogP contribution in [0.5, 0.6) is 0 Å². The first-order chi connectivity index (χ1) is 8.49. The number of anilines is 1. The SMILES string of the molecule is Nc1cnccc1S(=O)(=O)Cc1ccc(Cl)cc1. The first-order valence-electron chi connectivity index (χ1n) is 5.16. The molecule has 0 atom stereocenters. The Bertz CT molecular complexity index is 654. The van der Waals surface area contributed by atoms with E-state index < -0.39 is 9.84 Å². The number of benzene rings is 1. The first-order valence-corrected chi connectivity index (χ1v) is 7.19. The van der Waals surface area contributed by atoms with Crippen LogP contribution in [0.2, 0.25) is 5.02 Å². The van der Waals surface area contributed by atoms with Crippen LogP contribution >= 0.6 is 11.6 Å². The van der Waals surface area contributed by atoms with Crippen LogP contribution in [-0.4, -0.2) is 13.4 Å². The van der Waals surface area contributed by atoms with Crippen molar-refractivity contribution in [3.63, 3.8) is 0 Å². The molecule has 94 valence electrons. The normalized spacial score (nSPS) is 11.4. The molecule has 1 aromatic heterocycles. The van der Waals surface area contributed by atoms with Gasteiger partial charge in [0, 0.05) is 11.2 Å². The average molecular weight is 283 g/mol. The number of hydrogen-bond acceptors (Lipinski definition) is 4.